The van der Waals surface area contributed by atoms with Gasteiger partial charge in [0.25, 0.3) is 0 Å². The second-order valence-corrected chi connectivity index (χ2v) is 1.11. The number of hydrogen-bond acceptors (Lipinski definition) is 4. The van der Waals surface area contributed by atoms with Gasteiger partial charge in [-0.1, -0.05) is 0 Å². The molecule has 0 aromatic heterocycles. The van der Waals surface area contributed by atoms with Gasteiger partial charge in [0.05, 0.1) is 18.6 Å². The molecule has 0 radical (unpaired) electrons. The van der Waals surface area contributed by atoms with E-state index in [4.69, 9.17) is 24.8 Å². The molecule has 0 aliphatic rings. The number of aliphatic hydroxyl groups is 1. The number of nitrogens with two attached hydrogens (primary N) is 1. The van der Waals surface area contributed by atoms with E-state index in [9.17, 15) is 9.90 Å². The van der Waals surface area contributed by atoms with Gasteiger partial charge in [-0.15, -0.1) is 0 Å². The van der Waals surface area contributed by atoms with Crippen molar-refractivity contribution in [3.63, 3.8) is 0 Å². The van der Waals surface area contributed by atoms with Crippen LogP contribution in [0.5, 0.6) is 0 Å². The quantitative estimate of drug-likeness (QED) is 0.295. The number of halogens is 1. The summed E-state index contributed by atoms with van der Waals surface area (Å²) in [5.74, 6) is -1.43. The average Bonchev–Trinajstić information content (AvgIpc) is 2.25. The Morgan fingerprint density at radius 3 is 1.47 bits per heavy atom. The van der Waals surface area contributed by atoms with Gasteiger partial charge in [0, 0.05) is 0 Å². The summed E-state index contributed by atoms with van der Waals surface area (Å²) in [4.78, 5) is 9.53. The molecule has 0 amide bonds. The molecule has 0 fully saturated rings. The first-order valence-corrected chi connectivity index (χ1v) is 2.37. The molecule has 0 saturated carbocycles. The summed E-state index contributed by atoms with van der Waals surface area (Å²) in [6.45, 7) is 12.9. The molecule has 0 aromatic rings. The van der Waals surface area contributed by atoms with E-state index < -0.39 is 18.6 Å². The Balaban J connectivity index is -0.0000000221. The van der Waals surface area contributed by atoms with Crippen LogP contribution in [0.2, 0.25) is 0 Å². The molecule has 0 aromatic carbocycles. The third-order valence-corrected chi connectivity index (χ3v) is 0.499. The van der Waals surface area contributed by atoms with Crippen molar-refractivity contribution in [3.05, 3.63) is 20.0 Å². The van der Waals surface area contributed by atoms with Crippen LogP contribution >= 0.6 is 0 Å². The number of carboxylic acids is 1. The van der Waals surface area contributed by atoms with Crippen LogP contribution in [0.1, 0.15) is 0 Å². The molecule has 0 aliphatic carbocycles. The Kier molecular flexibility index (Phi) is 121. The van der Waals surface area contributed by atoms with E-state index >= 15 is 0 Å². The van der Waals surface area contributed by atoms with E-state index in [1.54, 1.807) is 0 Å². The zero-order valence-electron chi connectivity index (χ0n) is 7.08. The second-order valence-electron chi connectivity index (χ2n) is 1.11. The van der Waals surface area contributed by atoms with Crippen LogP contribution in [0.3, 0.4) is 0 Å². The number of carbonyl (C=O) groups excluding carboxylic acids is 1. The van der Waals surface area contributed by atoms with Gasteiger partial charge in [0.2, 0.25) is 0 Å². The summed E-state index contributed by atoms with van der Waals surface area (Å²) in [6, 6.07) is -1.24. The SMILES string of the molecule is NC(CO)C(=O)[O-].[C-]#[O+].[C-]#[O+].[C-]#[O+].[Cl-].[Ru+2]. The number of aliphatic hydroxyl groups excluding tert-OH is 1. The smallest absolute Gasteiger partial charge is 1.00 e. The Bertz CT molecular complexity index is 156. The number of rotatable bonds is 2. The normalized spacial score (nSPS) is 6.67. The Labute approximate surface area is 105 Å². The third-order valence-electron chi connectivity index (χ3n) is 0.499. The summed E-state index contributed by atoms with van der Waals surface area (Å²) in [5, 5.41) is 17.5. The van der Waals surface area contributed by atoms with Crippen LogP contribution in [-0.2, 0) is 38.2 Å². The first-order valence-electron chi connectivity index (χ1n) is 2.37. The van der Waals surface area contributed by atoms with Crippen molar-refractivity contribution in [1.82, 2.24) is 0 Å². The molecule has 0 bridgehead atoms. The minimum Gasteiger partial charge on any atom is -1.00 e. The van der Waals surface area contributed by atoms with E-state index in [0.717, 1.165) is 0 Å². The standard InChI is InChI=1S/C3H7NO3.3CO.ClH.Ru/c4-2(1-5)3(6)7;3*1-2;;/h2,5H,1,4H2,(H,6,7);;;;1H;/q;;;;;+2/p-2. The van der Waals surface area contributed by atoms with Crippen molar-refractivity contribution >= 4 is 5.97 Å². The third kappa shape index (κ3) is 58.9. The number of aliphatic carboxylic acids is 1. The van der Waals surface area contributed by atoms with Crippen LogP contribution in [0.4, 0.5) is 0 Å². The molecule has 7 nitrogen and oxygen atoms in total. The van der Waals surface area contributed by atoms with Gasteiger partial charge in [-0.25, -0.2) is 0 Å². The summed E-state index contributed by atoms with van der Waals surface area (Å²) in [6.07, 6.45) is 0. The van der Waals surface area contributed by atoms with Crippen molar-refractivity contribution in [2.75, 3.05) is 6.61 Å². The number of hydrogen-bond donors (Lipinski definition) is 2. The van der Waals surface area contributed by atoms with Crippen LogP contribution in [-0.4, -0.2) is 23.7 Å². The molecule has 0 heterocycles. The molecule has 0 spiro atoms. The van der Waals surface area contributed by atoms with E-state index in [2.05, 4.69) is 20.0 Å². The van der Waals surface area contributed by atoms with Crippen LogP contribution in [0, 0.1) is 20.0 Å². The van der Waals surface area contributed by atoms with Gasteiger partial charge in [0.1, 0.15) is 0 Å². The fourth-order valence-corrected chi connectivity index (χ4v) is 0.0745. The molecule has 9 heteroatoms. The minimum atomic E-state index is -1.43. The van der Waals surface area contributed by atoms with Crippen molar-refractivity contribution in [2.24, 2.45) is 5.73 Å². The molecule has 15 heavy (non-hydrogen) atoms. The van der Waals surface area contributed by atoms with Gasteiger partial charge >= 0.3 is 53.4 Å². The first-order chi connectivity index (χ1) is 6.18. The van der Waals surface area contributed by atoms with E-state index in [0.29, 0.717) is 0 Å². The Morgan fingerprint density at radius 1 is 1.27 bits per heavy atom. The Morgan fingerprint density at radius 2 is 1.47 bits per heavy atom. The van der Waals surface area contributed by atoms with E-state index in [1.807, 2.05) is 0 Å². The van der Waals surface area contributed by atoms with Gasteiger partial charge in [-0.05, 0) is 0 Å². The van der Waals surface area contributed by atoms with Gasteiger partial charge in [0.15, 0.2) is 0 Å². The summed E-state index contributed by atoms with van der Waals surface area (Å²) in [7, 11) is 0. The zero-order valence-corrected chi connectivity index (χ0v) is 9.58. The van der Waals surface area contributed by atoms with E-state index in [1.165, 1.54) is 0 Å². The zero-order chi connectivity index (χ0) is 11.9. The summed E-state index contributed by atoms with van der Waals surface area (Å²) >= 11 is 0. The molecule has 1 atom stereocenters. The fourth-order valence-electron chi connectivity index (χ4n) is 0.0745. The molecule has 0 rings (SSSR count). The molecule has 0 saturated heterocycles. The largest absolute Gasteiger partial charge is 2.00 e. The number of carboxylic acid groups (broad SMARTS) is 1. The van der Waals surface area contributed by atoms with Gasteiger partial charge in [-0.2, -0.15) is 0 Å². The molecule has 0 aliphatic heterocycles. The van der Waals surface area contributed by atoms with Gasteiger partial charge in [-0.3, -0.25) is 0 Å². The van der Waals surface area contributed by atoms with Crippen molar-refractivity contribution in [2.45, 2.75) is 6.04 Å². The summed E-state index contributed by atoms with van der Waals surface area (Å²) in [5.41, 5.74) is 4.70. The Hall–Kier alpha value is -0.477. The predicted octanol–water partition coefficient (Wildman–Crippen LogP) is -6.06. The predicted molar refractivity (Wildman–Crippen MR) is 31.9 cm³/mol. The topological polar surface area (TPSA) is 146 Å². The maximum atomic E-state index is 9.53. The average molecular weight is 325 g/mol. The number of carbonyl (C=O) groups is 1. The molecular weight excluding hydrogens is 319 g/mol. The monoisotopic (exact) mass is 325 g/mol. The minimum absolute atomic E-state index is 0. The molecular formula is C6H6ClNO6Ru. The molecule has 3 N–H and O–H groups in total. The van der Waals surface area contributed by atoms with Crippen LogP contribution < -0.4 is 23.2 Å². The van der Waals surface area contributed by atoms with Crippen LogP contribution in [0.15, 0.2) is 0 Å². The van der Waals surface area contributed by atoms with Crippen molar-refractivity contribution < 1.29 is 60.8 Å². The molecule has 1 unspecified atom stereocenters. The summed E-state index contributed by atoms with van der Waals surface area (Å²) < 4.78 is 22.5. The fraction of sp³-hybridized carbons (Fsp3) is 0.333. The van der Waals surface area contributed by atoms with Gasteiger partial charge < -0.3 is 33.1 Å². The maximum absolute atomic E-state index is 9.53. The van der Waals surface area contributed by atoms with Crippen molar-refractivity contribution in [1.29, 1.82) is 0 Å². The second kappa shape index (κ2) is 49.8. The van der Waals surface area contributed by atoms with Crippen LogP contribution in [0.25, 0.3) is 0 Å². The van der Waals surface area contributed by atoms with Crippen molar-refractivity contribution in [3.8, 4) is 0 Å². The first kappa shape index (κ1) is 36.6. The molecule has 86 valence electrons. The maximum Gasteiger partial charge on any atom is 2.00 e. The van der Waals surface area contributed by atoms with E-state index in [-0.39, 0.29) is 31.9 Å².